The van der Waals surface area contributed by atoms with Gasteiger partial charge in [0.05, 0.1) is 13.6 Å². The fourth-order valence-corrected chi connectivity index (χ4v) is 4.86. The van der Waals surface area contributed by atoms with Gasteiger partial charge in [-0.05, 0) is 74.7 Å². The Morgan fingerprint density at radius 2 is 1.95 bits per heavy atom. The second-order valence-corrected chi connectivity index (χ2v) is 8.08. The van der Waals surface area contributed by atoms with E-state index in [2.05, 4.69) is 37.2 Å². The summed E-state index contributed by atoms with van der Waals surface area (Å²) < 4.78 is 29.3. The minimum atomic E-state index is -0.435. The van der Waals surface area contributed by atoms with Crippen molar-refractivity contribution in [1.82, 2.24) is 5.32 Å². The molecule has 0 fully saturated rings. The zero-order chi connectivity index (χ0) is 14.7. The standard InChI is InChI=1S/C14H13Br2F2NS/c1-2-5-19-13(10-7-12(15)20-14(10)16)9-6-8(17)3-4-11(9)18/h3-4,6-7,13,19H,2,5H2,1H3. The van der Waals surface area contributed by atoms with Crippen LogP contribution in [0.5, 0.6) is 0 Å². The van der Waals surface area contributed by atoms with Gasteiger partial charge in [0.25, 0.3) is 0 Å². The van der Waals surface area contributed by atoms with Gasteiger partial charge in [0.15, 0.2) is 0 Å². The van der Waals surface area contributed by atoms with Gasteiger partial charge in [-0.25, -0.2) is 8.78 Å². The molecule has 1 nitrogen and oxygen atoms in total. The van der Waals surface area contributed by atoms with E-state index >= 15 is 0 Å². The molecule has 108 valence electrons. The second-order valence-electron chi connectivity index (χ2n) is 4.33. The first-order valence-corrected chi connectivity index (χ1v) is 8.56. The minimum Gasteiger partial charge on any atom is -0.306 e. The van der Waals surface area contributed by atoms with Crippen molar-refractivity contribution in [3.05, 3.63) is 54.6 Å². The normalized spacial score (nSPS) is 12.7. The van der Waals surface area contributed by atoms with E-state index in [0.717, 1.165) is 32.2 Å². The van der Waals surface area contributed by atoms with Crippen molar-refractivity contribution in [2.24, 2.45) is 0 Å². The second kappa shape index (κ2) is 7.11. The molecule has 1 atom stereocenters. The summed E-state index contributed by atoms with van der Waals surface area (Å²) in [5.41, 5.74) is 1.23. The lowest BCUT2D eigenvalue weighted by Crippen LogP contribution is -2.24. The number of thiophene rings is 1. The molecule has 1 aromatic carbocycles. The van der Waals surface area contributed by atoms with Gasteiger partial charge in [-0.15, -0.1) is 11.3 Å². The van der Waals surface area contributed by atoms with Crippen molar-refractivity contribution in [1.29, 1.82) is 0 Å². The Labute approximate surface area is 137 Å². The molecule has 0 aliphatic rings. The number of benzene rings is 1. The maximum atomic E-state index is 14.0. The van der Waals surface area contributed by atoms with Gasteiger partial charge in [0, 0.05) is 5.56 Å². The summed E-state index contributed by atoms with van der Waals surface area (Å²) in [6, 6.07) is 5.10. The molecule has 0 saturated heterocycles. The Morgan fingerprint density at radius 3 is 2.55 bits per heavy atom. The van der Waals surface area contributed by atoms with Crippen LogP contribution in [0.1, 0.15) is 30.5 Å². The van der Waals surface area contributed by atoms with E-state index in [1.165, 1.54) is 23.5 Å². The van der Waals surface area contributed by atoms with Crippen LogP contribution in [0.3, 0.4) is 0 Å². The Balaban J connectivity index is 2.46. The van der Waals surface area contributed by atoms with Gasteiger partial charge in [-0.1, -0.05) is 6.92 Å². The van der Waals surface area contributed by atoms with Crippen LogP contribution in [-0.2, 0) is 0 Å². The molecule has 0 aliphatic heterocycles. The van der Waals surface area contributed by atoms with E-state index in [1.54, 1.807) is 0 Å². The van der Waals surface area contributed by atoms with Crippen molar-refractivity contribution < 1.29 is 8.78 Å². The lowest BCUT2D eigenvalue weighted by Gasteiger charge is -2.19. The van der Waals surface area contributed by atoms with E-state index in [9.17, 15) is 8.78 Å². The number of nitrogens with one attached hydrogen (secondary N) is 1. The van der Waals surface area contributed by atoms with E-state index in [4.69, 9.17) is 0 Å². The molecule has 1 aromatic heterocycles. The molecule has 0 bridgehead atoms. The summed E-state index contributed by atoms with van der Waals surface area (Å²) in [5, 5.41) is 3.27. The number of rotatable bonds is 5. The predicted molar refractivity (Wildman–Crippen MR) is 86.2 cm³/mol. The lowest BCUT2D eigenvalue weighted by molar-refractivity contribution is 0.535. The summed E-state index contributed by atoms with van der Waals surface area (Å²) in [5.74, 6) is -0.843. The summed E-state index contributed by atoms with van der Waals surface area (Å²) in [6.07, 6.45) is 0.913. The Hall–Kier alpha value is -0.300. The molecule has 1 N–H and O–H groups in total. The quantitative estimate of drug-likeness (QED) is 0.654. The van der Waals surface area contributed by atoms with Crippen LogP contribution in [0, 0.1) is 11.6 Å². The minimum absolute atomic E-state index is 0.324. The van der Waals surface area contributed by atoms with Gasteiger partial charge in [-0.2, -0.15) is 0 Å². The SMILES string of the molecule is CCCNC(c1cc(F)ccc1F)c1cc(Br)sc1Br. The number of hydrogen-bond donors (Lipinski definition) is 1. The van der Waals surface area contributed by atoms with Crippen LogP contribution in [0.4, 0.5) is 8.78 Å². The molecule has 6 heteroatoms. The predicted octanol–water partition coefficient (Wildman–Crippen LogP) is 5.64. The molecule has 0 amide bonds. The van der Waals surface area contributed by atoms with Crippen LogP contribution >= 0.6 is 43.2 Å². The average Bonchev–Trinajstić information content (AvgIpc) is 2.73. The fraction of sp³-hybridized carbons (Fsp3) is 0.286. The third kappa shape index (κ3) is 3.67. The highest BCUT2D eigenvalue weighted by Gasteiger charge is 2.22. The number of halogens is 4. The molecule has 20 heavy (non-hydrogen) atoms. The van der Waals surface area contributed by atoms with E-state index < -0.39 is 11.6 Å². The third-order valence-electron chi connectivity index (χ3n) is 2.86. The number of hydrogen-bond acceptors (Lipinski definition) is 2. The van der Waals surface area contributed by atoms with E-state index in [1.807, 2.05) is 13.0 Å². The summed E-state index contributed by atoms with van der Waals surface area (Å²) in [6.45, 7) is 2.76. The van der Waals surface area contributed by atoms with Crippen LogP contribution < -0.4 is 5.32 Å². The highest BCUT2D eigenvalue weighted by atomic mass is 79.9. The zero-order valence-corrected chi connectivity index (χ0v) is 14.7. The molecule has 2 aromatic rings. The van der Waals surface area contributed by atoms with E-state index in [-0.39, 0.29) is 6.04 Å². The monoisotopic (exact) mass is 423 g/mol. The van der Waals surface area contributed by atoms with Crippen molar-refractivity contribution in [2.75, 3.05) is 6.54 Å². The van der Waals surface area contributed by atoms with Crippen molar-refractivity contribution >= 4 is 43.2 Å². The Morgan fingerprint density at radius 1 is 1.20 bits per heavy atom. The molecule has 1 unspecified atom stereocenters. The Bertz CT molecular complexity index is 601. The molecule has 0 saturated carbocycles. The third-order valence-corrected chi connectivity index (χ3v) is 5.25. The maximum absolute atomic E-state index is 14.0. The van der Waals surface area contributed by atoms with Crippen molar-refractivity contribution in [3.63, 3.8) is 0 Å². The maximum Gasteiger partial charge on any atom is 0.128 e. The highest BCUT2D eigenvalue weighted by molar-refractivity contribution is 9.12. The van der Waals surface area contributed by atoms with Crippen LogP contribution in [0.15, 0.2) is 31.8 Å². The lowest BCUT2D eigenvalue weighted by atomic mass is 10.0. The first-order chi connectivity index (χ1) is 9.52. The van der Waals surface area contributed by atoms with Crippen LogP contribution in [0.2, 0.25) is 0 Å². The molecule has 0 radical (unpaired) electrons. The van der Waals surface area contributed by atoms with Gasteiger partial charge < -0.3 is 5.32 Å². The van der Waals surface area contributed by atoms with E-state index in [0.29, 0.717) is 5.56 Å². The molecule has 0 spiro atoms. The molecular formula is C14H13Br2F2NS. The van der Waals surface area contributed by atoms with Gasteiger partial charge in [0.1, 0.15) is 11.6 Å². The summed E-state index contributed by atoms with van der Waals surface area (Å²) in [4.78, 5) is 0. The Kier molecular flexibility index (Phi) is 5.72. The molecule has 0 aliphatic carbocycles. The molecule has 2 rings (SSSR count). The van der Waals surface area contributed by atoms with Crippen LogP contribution in [-0.4, -0.2) is 6.54 Å². The largest absolute Gasteiger partial charge is 0.306 e. The fourth-order valence-electron chi connectivity index (χ4n) is 1.96. The van der Waals surface area contributed by atoms with Crippen molar-refractivity contribution in [3.8, 4) is 0 Å². The first-order valence-electron chi connectivity index (χ1n) is 6.16. The molecule has 1 heterocycles. The van der Waals surface area contributed by atoms with Gasteiger partial charge in [0.2, 0.25) is 0 Å². The highest BCUT2D eigenvalue weighted by Crippen LogP contribution is 2.38. The van der Waals surface area contributed by atoms with Crippen LogP contribution in [0.25, 0.3) is 0 Å². The van der Waals surface area contributed by atoms with Gasteiger partial charge in [-0.3, -0.25) is 0 Å². The topological polar surface area (TPSA) is 12.0 Å². The van der Waals surface area contributed by atoms with Gasteiger partial charge >= 0.3 is 0 Å². The summed E-state index contributed by atoms with van der Waals surface area (Å²) >= 11 is 8.41. The summed E-state index contributed by atoms with van der Waals surface area (Å²) in [7, 11) is 0. The smallest absolute Gasteiger partial charge is 0.128 e. The average molecular weight is 425 g/mol. The molecular weight excluding hydrogens is 412 g/mol. The zero-order valence-electron chi connectivity index (χ0n) is 10.7. The first kappa shape index (κ1) is 16.1. The van der Waals surface area contributed by atoms with Crippen molar-refractivity contribution in [2.45, 2.75) is 19.4 Å².